The summed E-state index contributed by atoms with van der Waals surface area (Å²) in [4.78, 5) is 12.1. The Morgan fingerprint density at radius 2 is 1.58 bits per heavy atom. The molecule has 0 bridgehead atoms. The topological polar surface area (TPSA) is 59.6 Å². The van der Waals surface area contributed by atoms with Crippen LogP contribution in [-0.4, -0.2) is 23.2 Å². The molecule has 0 heterocycles. The molecule has 2 aromatic rings. The number of nitrogens with one attached hydrogen (secondary N) is 2. The number of benzene rings is 2. The number of rotatable bonds is 5. The van der Waals surface area contributed by atoms with Crippen molar-refractivity contribution in [2.24, 2.45) is 0 Å². The van der Waals surface area contributed by atoms with Crippen LogP contribution in [0.5, 0.6) is 11.5 Å². The molecule has 0 aromatic heterocycles. The fraction of sp³-hybridized carbons (Fsp3) is 0.188. The molecule has 0 radical (unpaired) electrons. The SMILES string of the molecule is COc1ccc(O[C@@H](NC(=O)Nc2ccccc2)C(Cl)(Cl)Cl)cc1. The molecule has 2 N–H and O–H groups in total. The maximum absolute atomic E-state index is 12.1. The molecule has 0 fully saturated rings. The largest absolute Gasteiger partial charge is 0.497 e. The van der Waals surface area contributed by atoms with Gasteiger partial charge in [0.2, 0.25) is 10.0 Å². The summed E-state index contributed by atoms with van der Waals surface area (Å²) < 4.78 is 8.76. The number of anilines is 1. The van der Waals surface area contributed by atoms with Crippen molar-refractivity contribution in [3.63, 3.8) is 0 Å². The van der Waals surface area contributed by atoms with Crippen LogP contribution in [0.1, 0.15) is 0 Å². The summed E-state index contributed by atoms with van der Waals surface area (Å²) in [6, 6.07) is 15.0. The van der Waals surface area contributed by atoms with E-state index in [0.717, 1.165) is 0 Å². The van der Waals surface area contributed by atoms with Gasteiger partial charge >= 0.3 is 6.03 Å². The van der Waals surface area contributed by atoms with Crippen LogP contribution in [0, 0.1) is 0 Å². The van der Waals surface area contributed by atoms with Crippen molar-refractivity contribution in [2.75, 3.05) is 12.4 Å². The van der Waals surface area contributed by atoms with Gasteiger partial charge in [-0.05, 0) is 36.4 Å². The quantitative estimate of drug-likeness (QED) is 0.581. The number of hydrogen-bond acceptors (Lipinski definition) is 3. The molecule has 24 heavy (non-hydrogen) atoms. The maximum Gasteiger partial charge on any atom is 0.322 e. The van der Waals surface area contributed by atoms with Crippen molar-refractivity contribution in [3.05, 3.63) is 54.6 Å². The van der Waals surface area contributed by atoms with E-state index in [4.69, 9.17) is 44.3 Å². The number of urea groups is 1. The molecule has 0 saturated carbocycles. The molecular weight excluding hydrogens is 375 g/mol. The van der Waals surface area contributed by atoms with Crippen LogP contribution in [0.2, 0.25) is 0 Å². The number of amides is 2. The van der Waals surface area contributed by atoms with Crippen molar-refractivity contribution in [2.45, 2.75) is 10.0 Å². The third kappa shape index (κ3) is 5.67. The van der Waals surface area contributed by atoms with Crippen molar-refractivity contribution < 1.29 is 14.3 Å². The normalized spacial score (nSPS) is 12.2. The van der Waals surface area contributed by atoms with Crippen LogP contribution in [-0.2, 0) is 0 Å². The Labute approximate surface area is 154 Å². The van der Waals surface area contributed by atoms with Gasteiger partial charge in [-0.3, -0.25) is 5.32 Å². The first-order valence-corrected chi connectivity index (χ1v) is 8.02. The van der Waals surface area contributed by atoms with Crippen LogP contribution >= 0.6 is 34.8 Å². The van der Waals surface area contributed by atoms with Crippen molar-refractivity contribution in [3.8, 4) is 11.5 Å². The van der Waals surface area contributed by atoms with E-state index in [1.54, 1.807) is 55.6 Å². The van der Waals surface area contributed by atoms with Crippen molar-refractivity contribution in [1.82, 2.24) is 5.32 Å². The average Bonchev–Trinajstić information content (AvgIpc) is 2.55. The lowest BCUT2D eigenvalue weighted by atomic mass is 10.3. The highest BCUT2D eigenvalue weighted by molar-refractivity contribution is 6.68. The zero-order valence-electron chi connectivity index (χ0n) is 12.6. The van der Waals surface area contributed by atoms with Crippen LogP contribution < -0.4 is 20.1 Å². The van der Waals surface area contributed by atoms with Crippen LogP contribution in [0.15, 0.2) is 54.6 Å². The highest BCUT2D eigenvalue weighted by Crippen LogP contribution is 2.32. The molecular formula is C16H15Cl3N2O3. The Bertz CT molecular complexity index is 661. The number of alkyl halides is 3. The number of carbonyl (C=O) groups excluding carboxylic acids is 1. The first-order chi connectivity index (χ1) is 11.4. The zero-order chi connectivity index (χ0) is 17.6. The first kappa shape index (κ1) is 18.5. The van der Waals surface area contributed by atoms with Gasteiger partial charge in [0.15, 0.2) is 0 Å². The van der Waals surface area contributed by atoms with E-state index in [0.29, 0.717) is 17.2 Å². The standard InChI is InChI=1S/C16H15Cl3N2O3/c1-23-12-7-9-13(10-8-12)24-14(16(17,18)19)21-15(22)20-11-5-3-2-4-6-11/h2-10,14H,1H3,(H2,20,21,22)/t14-/m1/s1. The summed E-state index contributed by atoms with van der Waals surface area (Å²) in [5.41, 5.74) is 0.600. The predicted molar refractivity (Wildman–Crippen MR) is 96.3 cm³/mol. The van der Waals surface area contributed by atoms with E-state index in [-0.39, 0.29) is 0 Å². The van der Waals surface area contributed by atoms with E-state index in [1.807, 2.05) is 6.07 Å². The van der Waals surface area contributed by atoms with Crippen LogP contribution in [0.3, 0.4) is 0 Å². The maximum atomic E-state index is 12.1. The zero-order valence-corrected chi connectivity index (χ0v) is 14.9. The van der Waals surface area contributed by atoms with Crippen LogP contribution in [0.25, 0.3) is 0 Å². The fourth-order valence-electron chi connectivity index (χ4n) is 1.78. The Morgan fingerprint density at radius 1 is 1.00 bits per heavy atom. The molecule has 0 aliphatic carbocycles. The molecule has 2 aromatic carbocycles. The molecule has 128 valence electrons. The van der Waals surface area contributed by atoms with E-state index >= 15 is 0 Å². The fourth-order valence-corrected chi connectivity index (χ4v) is 2.07. The average molecular weight is 390 g/mol. The summed E-state index contributed by atoms with van der Waals surface area (Å²) in [6.07, 6.45) is -1.19. The Balaban J connectivity index is 2.03. The number of para-hydroxylation sites is 1. The summed E-state index contributed by atoms with van der Waals surface area (Å²) >= 11 is 17.7. The minimum Gasteiger partial charge on any atom is -0.497 e. The van der Waals surface area contributed by atoms with E-state index < -0.39 is 16.1 Å². The van der Waals surface area contributed by atoms with Gasteiger partial charge in [-0.2, -0.15) is 0 Å². The molecule has 5 nitrogen and oxygen atoms in total. The molecule has 0 aliphatic heterocycles. The number of methoxy groups -OCH3 is 1. The molecule has 0 saturated heterocycles. The molecule has 0 spiro atoms. The molecule has 0 aliphatic rings. The number of carbonyl (C=O) groups is 1. The lowest BCUT2D eigenvalue weighted by Gasteiger charge is -2.26. The Hall–Kier alpha value is -1.82. The predicted octanol–water partition coefficient (Wildman–Crippen LogP) is 4.59. The monoisotopic (exact) mass is 388 g/mol. The van der Waals surface area contributed by atoms with Gasteiger partial charge in [-0.15, -0.1) is 0 Å². The van der Waals surface area contributed by atoms with E-state index in [9.17, 15) is 4.79 Å². The lowest BCUT2D eigenvalue weighted by molar-refractivity contribution is 0.170. The third-order valence-electron chi connectivity index (χ3n) is 2.90. The lowest BCUT2D eigenvalue weighted by Crippen LogP contribution is -2.49. The Morgan fingerprint density at radius 3 is 2.12 bits per heavy atom. The molecule has 0 unspecified atom stereocenters. The number of halogens is 3. The third-order valence-corrected chi connectivity index (χ3v) is 3.50. The van der Waals surface area contributed by atoms with Gasteiger partial charge in [0, 0.05) is 5.69 Å². The second kappa shape index (κ2) is 8.33. The summed E-state index contributed by atoms with van der Waals surface area (Å²) in [5.74, 6) is 1.06. The first-order valence-electron chi connectivity index (χ1n) is 6.88. The summed E-state index contributed by atoms with van der Waals surface area (Å²) in [5, 5.41) is 5.11. The van der Waals surface area contributed by atoms with Crippen molar-refractivity contribution in [1.29, 1.82) is 0 Å². The Kier molecular flexibility index (Phi) is 6.43. The van der Waals surface area contributed by atoms with Crippen molar-refractivity contribution >= 4 is 46.5 Å². The minimum atomic E-state index is -1.87. The molecule has 8 heteroatoms. The van der Waals surface area contributed by atoms with Crippen LogP contribution in [0.4, 0.5) is 10.5 Å². The molecule has 2 rings (SSSR count). The number of hydrogen-bond donors (Lipinski definition) is 2. The number of ether oxygens (including phenoxy) is 2. The highest BCUT2D eigenvalue weighted by Gasteiger charge is 2.36. The van der Waals surface area contributed by atoms with Gasteiger partial charge in [0.25, 0.3) is 0 Å². The molecule has 2 amide bonds. The van der Waals surface area contributed by atoms with E-state index in [2.05, 4.69) is 10.6 Å². The second-order valence-electron chi connectivity index (χ2n) is 4.68. The van der Waals surface area contributed by atoms with Gasteiger partial charge in [-0.25, -0.2) is 4.79 Å². The molecule has 1 atom stereocenters. The van der Waals surface area contributed by atoms with E-state index in [1.165, 1.54) is 0 Å². The highest BCUT2D eigenvalue weighted by atomic mass is 35.6. The smallest absolute Gasteiger partial charge is 0.322 e. The second-order valence-corrected chi connectivity index (χ2v) is 7.05. The minimum absolute atomic E-state index is 0.409. The van der Waals surface area contributed by atoms with Gasteiger partial charge in [-0.1, -0.05) is 53.0 Å². The van der Waals surface area contributed by atoms with Gasteiger partial charge < -0.3 is 14.8 Å². The van der Waals surface area contributed by atoms with Gasteiger partial charge in [0.05, 0.1) is 7.11 Å². The summed E-state index contributed by atoms with van der Waals surface area (Å²) in [6.45, 7) is 0. The summed E-state index contributed by atoms with van der Waals surface area (Å²) in [7, 11) is 1.55. The van der Waals surface area contributed by atoms with Gasteiger partial charge in [0.1, 0.15) is 11.5 Å².